The van der Waals surface area contributed by atoms with Crippen molar-refractivity contribution in [2.24, 2.45) is 0 Å². The largest absolute Gasteiger partial charge is 0.474 e. The lowest BCUT2D eigenvalue weighted by Crippen LogP contribution is -2.06. The SMILES string of the molecule is CCOP(=O)(OCC)OC[C@H](C)Cl. The van der Waals surface area contributed by atoms with E-state index in [-0.39, 0.29) is 25.2 Å². The first kappa shape index (κ1) is 13.4. The van der Waals surface area contributed by atoms with Crippen LogP contribution in [0.5, 0.6) is 0 Å². The monoisotopic (exact) mass is 230 g/mol. The molecular weight excluding hydrogens is 214 g/mol. The highest BCUT2D eigenvalue weighted by molar-refractivity contribution is 7.48. The van der Waals surface area contributed by atoms with Gasteiger partial charge < -0.3 is 0 Å². The van der Waals surface area contributed by atoms with Crippen molar-refractivity contribution in [3.8, 4) is 0 Å². The van der Waals surface area contributed by atoms with Gasteiger partial charge in [0.15, 0.2) is 0 Å². The van der Waals surface area contributed by atoms with Crippen LogP contribution in [-0.2, 0) is 18.1 Å². The van der Waals surface area contributed by atoms with Crippen LogP contribution in [0.25, 0.3) is 0 Å². The first-order valence-electron chi connectivity index (χ1n) is 4.21. The van der Waals surface area contributed by atoms with E-state index in [9.17, 15) is 4.57 Å². The van der Waals surface area contributed by atoms with Crippen LogP contribution in [0.2, 0.25) is 0 Å². The van der Waals surface area contributed by atoms with Gasteiger partial charge in [0.1, 0.15) is 0 Å². The van der Waals surface area contributed by atoms with Crippen molar-refractivity contribution in [2.45, 2.75) is 26.1 Å². The van der Waals surface area contributed by atoms with Crippen molar-refractivity contribution in [3.05, 3.63) is 0 Å². The van der Waals surface area contributed by atoms with E-state index in [4.69, 9.17) is 25.2 Å². The number of hydrogen-bond donors (Lipinski definition) is 0. The lowest BCUT2D eigenvalue weighted by Gasteiger charge is -2.16. The standard InChI is InChI=1S/C7H16ClO4P/c1-4-10-13(9,11-5-2)12-6-7(3)8/h7H,4-6H2,1-3H3/t7-/m0/s1. The zero-order chi connectivity index (χ0) is 10.3. The molecule has 0 unspecified atom stereocenters. The van der Waals surface area contributed by atoms with E-state index in [0.29, 0.717) is 0 Å². The van der Waals surface area contributed by atoms with Gasteiger partial charge in [0, 0.05) is 0 Å². The van der Waals surface area contributed by atoms with E-state index in [2.05, 4.69) is 0 Å². The normalized spacial score (nSPS) is 14.5. The number of hydrogen-bond acceptors (Lipinski definition) is 4. The van der Waals surface area contributed by atoms with Crippen molar-refractivity contribution in [1.82, 2.24) is 0 Å². The van der Waals surface area contributed by atoms with E-state index in [1.165, 1.54) is 0 Å². The molecule has 0 bridgehead atoms. The summed E-state index contributed by atoms with van der Waals surface area (Å²) in [5, 5.41) is -0.214. The summed E-state index contributed by atoms with van der Waals surface area (Å²) >= 11 is 5.63. The van der Waals surface area contributed by atoms with Gasteiger partial charge in [-0.1, -0.05) is 0 Å². The number of phosphoric ester groups is 1. The van der Waals surface area contributed by atoms with Crippen molar-refractivity contribution in [2.75, 3.05) is 19.8 Å². The van der Waals surface area contributed by atoms with Crippen LogP contribution in [0.4, 0.5) is 0 Å². The molecule has 0 amide bonds. The molecule has 0 aromatic carbocycles. The Morgan fingerprint density at radius 3 is 2.00 bits per heavy atom. The van der Waals surface area contributed by atoms with E-state index >= 15 is 0 Å². The van der Waals surface area contributed by atoms with Gasteiger partial charge in [0.05, 0.1) is 25.2 Å². The molecule has 4 nitrogen and oxygen atoms in total. The predicted molar refractivity (Wildman–Crippen MR) is 52.1 cm³/mol. The highest BCUT2D eigenvalue weighted by atomic mass is 35.5. The van der Waals surface area contributed by atoms with Gasteiger partial charge in [-0.2, -0.15) is 0 Å². The van der Waals surface area contributed by atoms with Crippen LogP contribution in [0.3, 0.4) is 0 Å². The lowest BCUT2D eigenvalue weighted by molar-refractivity contribution is 0.122. The van der Waals surface area contributed by atoms with Gasteiger partial charge in [-0.3, -0.25) is 13.6 Å². The smallest absolute Gasteiger partial charge is 0.287 e. The number of alkyl halides is 1. The predicted octanol–water partition coefficient (Wildman–Crippen LogP) is 2.81. The molecule has 0 aromatic heterocycles. The molecule has 0 spiro atoms. The second-order valence-corrected chi connectivity index (χ2v) is 4.77. The summed E-state index contributed by atoms with van der Waals surface area (Å²) in [5.41, 5.74) is 0. The molecule has 0 fully saturated rings. The van der Waals surface area contributed by atoms with E-state index in [1.807, 2.05) is 0 Å². The van der Waals surface area contributed by atoms with Crippen LogP contribution in [0.1, 0.15) is 20.8 Å². The molecule has 13 heavy (non-hydrogen) atoms. The molecule has 0 heterocycles. The minimum absolute atomic E-state index is 0.152. The first-order valence-corrected chi connectivity index (χ1v) is 6.11. The topological polar surface area (TPSA) is 44.8 Å². The average Bonchev–Trinajstić information content (AvgIpc) is 2.02. The van der Waals surface area contributed by atoms with Gasteiger partial charge in [-0.25, -0.2) is 4.57 Å². The summed E-state index contributed by atoms with van der Waals surface area (Å²) in [5.74, 6) is 0. The van der Waals surface area contributed by atoms with Crippen LogP contribution in [0, 0.1) is 0 Å². The summed E-state index contributed by atoms with van der Waals surface area (Å²) in [6.07, 6.45) is 0. The minimum atomic E-state index is -3.36. The minimum Gasteiger partial charge on any atom is -0.287 e. The van der Waals surface area contributed by atoms with Crippen LogP contribution < -0.4 is 0 Å². The van der Waals surface area contributed by atoms with Gasteiger partial charge in [-0.15, -0.1) is 11.6 Å². The Hall–Kier alpha value is 0.400. The third kappa shape index (κ3) is 6.47. The third-order valence-corrected chi connectivity index (χ3v) is 2.78. The molecule has 0 rings (SSSR count). The fourth-order valence-electron chi connectivity index (χ4n) is 0.622. The molecule has 0 saturated heterocycles. The van der Waals surface area contributed by atoms with E-state index in [0.717, 1.165) is 0 Å². The van der Waals surface area contributed by atoms with Crippen LogP contribution in [0.15, 0.2) is 0 Å². The van der Waals surface area contributed by atoms with Crippen molar-refractivity contribution >= 4 is 19.4 Å². The molecule has 0 radical (unpaired) electrons. The molecule has 0 aliphatic rings. The van der Waals surface area contributed by atoms with Gasteiger partial charge in [0.25, 0.3) is 0 Å². The molecule has 0 aromatic rings. The Bertz CT molecular complexity index is 164. The van der Waals surface area contributed by atoms with Crippen molar-refractivity contribution in [1.29, 1.82) is 0 Å². The van der Waals surface area contributed by atoms with Gasteiger partial charge >= 0.3 is 7.82 Å². The number of halogens is 1. The average molecular weight is 231 g/mol. The summed E-state index contributed by atoms with van der Waals surface area (Å²) in [4.78, 5) is 0. The Morgan fingerprint density at radius 1 is 1.23 bits per heavy atom. The summed E-state index contributed by atoms with van der Waals surface area (Å²) < 4.78 is 26.3. The maximum absolute atomic E-state index is 11.6. The zero-order valence-electron chi connectivity index (χ0n) is 8.16. The Morgan fingerprint density at radius 2 is 1.69 bits per heavy atom. The third-order valence-electron chi connectivity index (χ3n) is 1.04. The molecule has 0 aliphatic heterocycles. The van der Waals surface area contributed by atoms with Crippen LogP contribution in [-0.4, -0.2) is 25.2 Å². The lowest BCUT2D eigenvalue weighted by atomic mass is 10.5. The van der Waals surface area contributed by atoms with Crippen LogP contribution >= 0.6 is 19.4 Å². The van der Waals surface area contributed by atoms with Crippen molar-refractivity contribution < 1.29 is 18.1 Å². The Balaban J connectivity index is 3.99. The first-order chi connectivity index (χ1) is 6.04. The number of phosphoric acid groups is 1. The molecule has 0 N–H and O–H groups in total. The second-order valence-electron chi connectivity index (χ2n) is 2.36. The molecule has 0 saturated carbocycles. The molecule has 1 atom stereocenters. The van der Waals surface area contributed by atoms with E-state index < -0.39 is 7.82 Å². The van der Waals surface area contributed by atoms with Crippen molar-refractivity contribution in [3.63, 3.8) is 0 Å². The fourth-order valence-corrected chi connectivity index (χ4v) is 2.04. The van der Waals surface area contributed by atoms with Gasteiger partial charge in [0.2, 0.25) is 0 Å². The maximum atomic E-state index is 11.6. The summed E-state index contributed by atoms with van der Waals surface area (Å²) in [6, 6.07) is 0. The van der Waals surface area contributed by atoms with E-state index in [1.54, 1.807) is 20.8 Å². The molecular formula is C7H16ClO4P. The zero-order valence-corrected chi connectivity index (χ0v) is 9.81. The Labute approximate surface area is 84.1 Å². The molecule has 6 heteroatoms. The molecule has 0 aliphatic carbocycles. The fraction of sp³-hybridized carbons (Fsp3) is 1.00. The van der Waals surface area contributed by atoms with Gasteiger partial charge in [-0.05, 0) is 20.8 Å². The highest BCUT2D eigenvalue weighted by Gasteiger charge is 2.25. The highest BCUT2D eigenvalue weighted by Crippen LogP contribution is 2.49. The second kappa shape index (κ2) is 6.80. The quantitative estimate of drug-likeness (QED) is 0.498. The summed E-state index contributed by atoms with van der Waals surface area (Å²) in [6.45, 7) is 5.91. The molecule has 80 valence electrons. The maximum Gasteiger partial charge on any atom is 0.474 e. The summed E-state index contributed by atoms with van der Waals surface area (Å²) in [7, 11) is -3.36. The Kier molecular flexibility index (Phi) is 7.00. The number of rotatable bonds is 7.